The van der Waals surface area contributed by atoms with Gasteiger partial charge in [-0.25, -0.2) is 19.1 Å². The Balaban J connectivity index is 1.28. The van der Waals surface area contributed by atoms with Crippen molar-refractivity contribution < 1.29 is 4.39 Å². The molecular formula is C35H29BrFN7. The molecule has 1 atom stereocenters. The third-order valence-corrected chi connectivity index (χ3v) is 9.31. The lowest BCUT2D eigenvalue weighted by molar-refractivity contribution is 0.389. The number of nitrogens with zero attached hydrogens (tertiary/aromatic N) is 7. The number of anilines is 2. The van der Waals surface area contributed by atoms with Crippen LogP contribution in [-0.4, -0.2) is 52.5 Å². The molecule has 0 unspecified atom stereocenters. The molecule has 9 heteroatoms. The number of piperazine rings is 1. The molecule has 0 amide bonds. The maximum Gasteiger partial charge on any atom is 0.179 e. The normalized spacial score (nSPS) is 17.4. The van der Waals surface area contributed by atoms with Crippen molar-refractivity contribution in [3.63, 3.8) is 0 Å². The molecule has 1 fully saturated rings. The maximum atomic E-state index is 13.6. The summed E-state index contributed by atoms with van der Waals surface area (Å²) in [5, 5.41) is 5.05. The molecule has 0 N–H and O–H groups in total. The monoisotopic (exact) mass is 645 g/mol. The van der Waals surface area contributed by atoms with E-state index >= 15 is 0 Å². The second kappa shape index (κ2) is 10.7. The van der Waals surface area contributed by atoms with Gasteiger partial charge >= 0.3 is 0 Å². The van der Waals surface area contributed by atoms with E-state index in [0.717, 1.165) is 87.7 Å². The van der Waals surface area contributed by atoms with E-state index in [1.807, 2.05) is 47.1 Å². The van der Waals surface area contributed by atoms with Gasteiger partial charge in [0.05, 0.1) is 28.8 Å². The van der Waals surface area contributed by atoms with E-state index < -0.39 is 0 Å². The molecule has 4 heterocycles. The highest BCUT2D eigenvalue weighted by Gasteiger charge is 2.43. The van der Waals surface area contributed by atoms with Crippen molar-refractivity contribution in [2.75, 3.05) is 36.0 Å². The Hall–Kier alpha value is -4.76. The summed E-state index contributed by atoms with van der Waals surface area (Å²) in [6.45, 7) is 5.17. The number of halogens is 2. The molecule has 3 aliphatic heterocycles. The van der Waals surface area contributed by atoms with Crippen molar-refractivity contribution in [3.05, 3.63) is 130 Å². The fourth-order valence-corrected chi connectivity index (χ4v) is 6.98. The highest BCUT2D eigenvalue weighted by atomic mass is 79.9. The summed E-state index contributed by atoms with van der Waals surface area (Å²) in [5.41, 5.74) is 7.05. The van der Waals surface area contributed by atoms with E-state index in [1.54, 1.807) is 0 Å². The van der Waals surface area contributed by atoms with Crippen LogP contribution in [0.5, 0.6) is 0 Å². The van der Waals surface area contributed by atoms with Crippen molar-refractivity contribution in [3.8, 4) is 5.69 Å². The third-order valence-electron chi connectivity index (χ3n) is 8.59. The van der Waals surface area contributed by atoms with Gasteiger partial charge in [0.2, 0.25) is 0 Å². The highest BCUT2D eigenvalue weighted by molar-refractivity contribution is 9.10. The van der Waals surface area contributed by atoms with Crippen LogP contribution in [0.1, 0.15) is 22.9 Å². The van der Waals surface area contributed by atoms with Crippen molar-refractivity contribution in [2.24, 2.45) is 9.98 Å². The minimum absolute atomic E-state index is 0.183. The second-order valence-corrected chi connectivity index (χ2v) is 12.0. The van der Waals surface area contributed by atoms with Gasteiger partial charge in [-0.1, -0.05) is 64.5 Å². The van der Waals surface area contributed by atoms with Crippen LogP contribution in [0.4, 0.5) is 27.3 Å². The highest BCUT2D eigenvalue weighted by Crippen LogP contribution is 2.49. The molecule has 218 valence electrons. The second-order valence-electron chi connectivity index (χ2n) is 11.2. The van der Waals surface area contributed by atoms with Gasteiger partial charge in [-0.3, -0.25) is 0 Å². The quantitative estimate of drug-likeness (QED) is 0.203. The third kappa shape index (κ3) is 4.42. The van der Waals surface area contributed by atoms with Gasteiger partial charge < -0.3 is 14.7 Å². The number of para-hydroxylation sites is 3. The topological polar surface area (TPSA) is 52.3 Å². The van der Waals surface area contributed by atoms with Crippen LogP contribution < -0.4 is 9.80 Å². The summed E-state index contributed by atoms with van der Waals surface area (Å²) < 4.78 is 16.6. The molecule has 5 aromatic rings. The Morgan fingerprint density at radius 2 is 1.39 bits per heavy atom. The fourth-order valence-electron chi connectivity index (χ4n) is 6.48. The summed E-state index contributed by atoms with van der Waals surface area (Å²) in [4.78, 5) is 17.6. The standard InChI is InChI=1S/C35H29BrFN7/c1-23-31-32(27-11-5-6-12-28(27)36)43-30-14-8-7-13-29(30)38-34(35(43)39-33(31)44(40-23)26-9-3-2-4-10-26)42-21-19-41(20-22-42)25-17-15-24(37)16-18-25/h2-18,32H,19-22H2,1H3/t32-/m0/s1. The van der Waals surface area contributed by atoms with Crippen LogP contribution in [0.3, 0.4) is 0 Å². The predicted molar refractivity (Wildman–Crippen MR) is 178 cm³/mol. The first kappa shape index (κ1) is 26.8. The van der Waals surface area contributed by atoms with E-state index in [0.29, 0.717) is 0 Å². The fraction of sp³-hybridized carbons (Fsp3) is 0.171. The number of aromatic nitrogens is 2. The molecule has 0 saturated carbocycles. The van der Waals surface area contributed by atoms with Gasteiger partial charge in [0.15, 0.2) is 17.5 Å². The Morgan fingerprint density at radius 1 is 0.705 bits per heavy atom. The van der Waals surface area contributed by atoms with Gasteiger partial charge in [-0.2, -0.15) is 5.10 Å². The number of aryl methyl sites for hydroxylation is 1. The van der Waals surface area contributed by atoms with E-state index in [-0.39, 0.29) is 11.9 Å². The van der Waals surface area contributed by atoms with Crippen LogP contribution in [-0.2, 0) is 0 Å². The Morgan fingerprint density at radius 3 is 2.16 bits per heavy atom. The number of hydrogen-bond acceptors (Lipinski definition) is 6. The number of benzene rings is 4. The number of rotatable bonds is 3. The van der Waals surface area contributed by atoms with Crippen LogP contribution >= 0.6 is 15.9 Å². The number of aliphatic imine (C=N–C) groups is 2. The van der Waals surface area contributed by atoms with Crippen molar-refractivity contribution in [1.82, 2.24) is 14.7 Å². The minimum Gasteiger partial charge on any atom is -0.368 e. The zero-order valence-electron chi connectivity index (χ0n) is 24.1. The zero-order chi connectivity index (χ0) is 29.8. The molecule has 0 bridgehead atoms. The average Bonchev–Trinajstić information content (AvgIpc) is 3.40. The minimum atomic E-state index is -0.220. The first-order chi connectivity index (χ1) is 21.6. The number of fused-ring (bicyclic) bond motifs is 4. The Labute approximate surface area is 263 Å². The molecule has 44 heavy (non-hydrogen) atoms. The average molecular weight is 647 g/mol. The first-order valence-electron chi connectivity index (χ1n) is 14.8. The summed E-state index contributed by atoms with van der Waals surface area (Å²) >= 11 is 3.88. The van der Waals surface area contributed by atoms with E-state index in [4.69, 9.17) is 15.1 Å². The lowest BCUT2D eigenvalue weighted by Crippen LogP contribution is -2.55. The van der Waals surface area contributed by atoms with Gasteiger partial charge in [0.1, 0.15) is 5.82 Å². The number of hydrogen-bond donors (Lipinski definition) is 0. The molecule has 0 radical (unpaired) electrons. The molecule has 7 nitrogen and oxygen atoms in total. The molecule has 4 aromatic carbocycles. The maximum absolute atomic E-state index is 13.6. The van der Waals surface area contributed by atoms with E-state index in [1.165, 1.54) is 12.1 Å². The molecular weight excluding hydrogens is 617 g/mol. The Bertz CT molecular complexity index is 1920. The first-order valence-corrected chi connectivity index (χ1v) is 15.6. The molecule has 3 aliphatic rings. The largest absolute Gasteiger partial charge is 0.368 e. The van der Waals surface area contributed by atoms with Crippen molar-refractivity contribution >= 4 is 50.5 Å². The lowest BCUT2D eigenvalue weighted by Gasteiger charge is -2.44. The molecule has 8 rings (SSSR count). The SMILES string of the molecule is Cc1nn(-c2ccccc2)c2c1[C@H](c1ccccc1Br)N1C(=N2)C(N2CCN(c3ccc(F)cc3)CC2)=Nc2ccccc21. The van der Waals surface area contributed by atoms with Crippen LogP contribution in [0.25, 0.3) is 5.69 Å². The van der Waals surface area contributed by atoms with Crippen molar-refractivity contribution in [2.45, 2.75) is 13.0 Å². The van der Waals surface area contributed by atoms with Crippen molar-refractivity contribution in [1.29, 1.82) is 0 Å². The van der Waals surface area contributed by atoms with E-state index in [9.17, 15) is 4.39 Å². The van der Waals surface area contributed by atoms with E-state index in [2.05, 4.69) is 86.1 Å². The predicted octanol–water partition coefficient (Wildman–Crippen LogP) is 7.59. The summed E-state index contributed by atoms with van der Waals surface area (Å²) in [7, 11) is 0. The molecule has 1 aromatic heterocycles. The summed E-state index contributed by atoms with van der Waals surface area (Å²) in [6, 6.07) is 33.5. The number of amidine groups is 2. The van der Waals surface area contributed by atoms with Gasteiger partial charge in [-0.05, 0) is 67.1 Å². The van der Waals surface area contributed by atoms with Gasteiger partial charge in [0.25, 0.3) is 0 Å². The molecule has 1 saturated heterocycles. The molecule has 0 spiro atoms. The summed E-state index contributed by atoms with van der Waals surface area (Å²) in [6.07, 6.45) is 0. The Kier molecular flexibility index (Phi) is 6.56. The van der Waals surface area contributed by atoms with Gasteiger partial charge in [0, 0.05) is 41.9 Å². The lowest BCUT2D eigenvalue weighted by atomic mass is 9.93. The smallest absolute Gasteiger partial charge is 0.179 e. The van der Waals surface area contributed by atoms with Gasteiger partial charge in [-0.15, -0.1) is 0 Å². The summed E-state index contributed by atoms with van der Waals surface area (Å²) in [5.74, 6) is 2.26. The van der Waals surface area contributed by atoms with Crippen LogP contribution in [0.2, 0.25) is 0 Å². The van der Waals surface area contributed by atoms with Crippen LogP contribution in [0.15, 0.2) is 118 Å². The molecule has 0 aliphatic carbocycles. The van der Waals surface area contributed by atoms with Crippen LogP contribution in [0, 0.1) is 12.7 Å². The zero-order valence-corrected chi connectivity index (χ0v) is 25.7.